The molecule has 2 aromatic heterocycles. The number of hydrogen-bond acceptors (Lipinski definition) is 4. The standard InChI is InChI=1S/C26H31N5O2S/c1-3-19-9-4-5-10-20(19)28-23(32)13-16-31-25(22-12-8-15-30(22)17-18-33-2)24(29-26(31)34)21-11-6-7-14-27-21/h4-12,14-15,24-25H,3,13,16-18H2,1-2H3,(H,28,32)(H,29,34)/t24-,25-/m0/s1. The van der Waals surface area contributed by atoms with E-state index in [1.165, 1.54) is 0 Å². The summed E-state index contributed by atoms with van der Waals surface area (Å²) < 4.78 is 7.49. The van der Waals surface area contributed by atoms with Gasteiger partial charge in [0.15, 0.2) is 5.11 Å². The molecule has 0 unspecified atom stereocenters. The van der Waals surface area contributed by atoms with Crippen molar-refractivity contribution in [1.29, 1.82) is 0 Å². The van der Waals surface area contributed by atoms with Gasteiger partial charge < -0.3 is 24.8 Å². The zero-order valence-electron chi connectivity index (χ0n) is 19.6. The van der Waals surface area contributed by atoms with E-state index < -0.39 is 0 Å². The lowest BCUT2D eigenvalue weighted by atomic mass is 10.0. The van der Waals surface area contributed by atoms with Crippen molar-refractivity contribution in [1.82, 2.24) is 19.8 Å². The Balaban J connectivity index is 1.55. The van der Waals surface area contributed by atoms with Crippen LogP contribution in [0.25, 0.3) is 0 Å². The minimum Gasteiger partial charge on any atom is -0.383 e. The summed E-state index contributed by atoms with van der Waals surface area (Å²) in [5.41, 5.74) is 4.02. The zero-order chi connectivity index (χ0) is 23.9. The number of nitrogens with one attached hydrogen (secondary N) is 2. The number of aromatic nitrogens is 2. The lowest BCUT2D eigenvalue weighted by Gasteiger charge is -2.28. The van der Waals surface area contributed by atoms with Crippen molar-refractivity contribution in [3.8, 4) is 0 Å². The molecule has 7 nitrogen and oxygen atoms in total. The van der Waals surface area contributed by atoms with Gasteiger partial charge in [-0.25, -0.2) is 0 Å². The summed E-state index contributed by atoms with van der Waals surface area (Å²) in [5, 5.41) is 7.15. The number of pyridine rings is 1. The molecule has 3 aromatic rings. The van der Waals surface area contributed by atoms with E-state index in [4.69, 9.17) is 17.0 Å². The van der Waals surface area contributed by atoms with Gasteiger partial charge in [-0.15, -0.1) is 0 Å². The summed E-state index contributed by atoms with van der Waals surface area (Å²) in [4.78, 5) is 19.6. The number of para-hydroxylation sites is 1. The van der Waals surface area contributed by atoms with E-state index in [0.717, 1.165) is 35.6 Å². The van der Waals surface area contributed by atoms with E-state index in [2.05, 4.69) is 44.3 Å². The van der Waals surface area contributed by atoms with E-state index in [9.17, 15) is 4.79 Å². The van der Waals surface area contributed by atoms with Gasteiger partial charge >= 0.3 is 0 Å². The third-order valence-electron chi connectivity index (χ3n) is 6.15. The Hall–Kier alpha value is -3.23. The number of benzene rings is 1. The van der Waals surface area contributed by atoms with E-state index >= 15 is 0 Å². The van der Waals surface area contributed by atoms with Gasteiger partial charge in [0.2, 0.25) is 5.91 Å². The molecular weight excluding hydrogens is 446 g/mol. The minimum atomic E-state index is -0.117. The summed E-state index contributed by atoms with van der Waals surface area (Å²) in [5.74, 6) is -0.0292. The zero-order valence-corrected chi connectivity index (χ0v) is 20.4. The predicted molar refractivity (Wildman–Crippen MR) is 138 cm³/mol. The summed E-state index contributed by atoms with van der Waals surface area (Å²) in [6, 6.07) is 17.7. The van der Waals surface area contributed by atoms with Gasteiger partial charge in [-0.2, -0.15) is 0 Å². The van der Waals surface area contributed by atoms with Crippen molar-refractivity contribution in [2.75, 3.05) is 25.6 Å². The molecule has 3 heterocycles. The van der Waals surface area contributed by atoms with Gasteiger partial charge in [0.1, 0.15) is 0 Å². The second kappa shape index (κ2) is 11.3. The lowest BCUT2D eigenvalue weighted by Crippen LogP contribution is -2.33. The highest BCUT2D eigenvalue weighted by molar-refractivity contribution is 7.80. The molecule has 0 aliphatic carbocycles. The topological polar surface area (TPSA) is 71.4 Å². The number of carbonyl (C=O) groups excluding carboxylic acids is 1. The molecule has 1 fully saturated rings. The molecule has 1 aliphatic heterocycles. The molecule has 178 valence electrons. The number of nitrogens with zero attached hydrogens (tertiary/aromatic N) is 3. The molecule has 1 aromatic carbocycles. The number of thiocarbonyl (C=S) groups is 1. The molecule has 0 bridgehead atoms. The van der Waals surface area contributed by atoms with Gasteiger partial charge in [-0.1, -0.05) is 31.2 Å². The Morgan fingerprint density at radius 1 is 1.15 bits per heavy atom. The fraction of sp³-hybridized carbons (Fsp3) is 0.346. The number of aryl methyl sites for hydroxylation is 1. The van der Waals surface area contributed by atoms with Crippen molar-refractivity contribution >= 4 is 28.9 Å². The van der Waals surface area contributed by atoms with Crippen molar-refractivity contribution in [3.05, 3.63) is 83.9 Å². The molecule has 34 heavy (non-hydrogen) atoms. The first kappa shape index (κ1) is 23.9. The average Bonchev–Trinajstić information content (AvgIpc) is 3.45. The van der Waals surface area contributed by atoms with Gasteiger partial charge in [-0.3, -0.25) is 9.78 Å². The van der Waals surface area contributed by atoms with E-state index in [-0.39, 0.29) is 18.0 Å². The highest BCUT2D eigenvalue weighted by atomic mass is 32.1. The molecule has 2 atom stereocenters. The predicted octanol–water partition coefficient (Wildman–Crippen LogP) is 4.09. The van der Waals surface area contributed by atoms with Gasteiger partial charge in [0, 0.05) is 50.4 Å². The Morgan fingerprint density at radius 3 is 2.74 bits per heavy atom. The van der Waals surface area contributed by atoms with Crippen LogP contribution in [0.1, 0.15) is 42.4 Å². The Labute approximate surface area is 206 Å². The van der Waals surface area contributed by atoms with E-state index in [1.54, 1.807) is 13.3 Å². The fourth-order valence-corrected chi connectivity index (χ4v) is 4.77. The lowest BCUT2D eigenvalue weighted by molar-refractivity contribution is -0.116. The first-order chi connectivity index (χ1) is 16.6. The maximum Gasteiger partial charge on any atom is 0.226 e. The number of rotatable bonds is 10. The largest absolute Gasteiger partial charge is 0.383 e. The summed E-state index contributed by atoms with van der Waals surface area (Å²) in [7, 11) is 1.70. The molecule has 4 rings (SSSR count). The van der Waals surface area contributed by atoms with Crippen LogP contribution in [0.3, 0.4) is 0 Å². The number of methoxy groups -OCH3 is 1. The fourth-order valence-electron chi connectivity index (χ4n) is 4.44. The Kier molecular flexibility index (Phi) is 7.92. The maximum absolute atomic E-state index is 12.9. The second-order valence-corrected chi connectivity index (χ2v) is 8.63. The molecular formula is C26H31N5O2S. The van der Waals surface area contributed by atoms with Crippen LogP contribution in [-0.4, -0.2) is 45.7 Å². The summed E-state index contributed by atoms with van der Waals surface area (Å²) >= 11 is 5.74. The third kappa shape index (κ3) is 5.29. The van der Waals surface area contributed by atoms with Crippen LogP contribution >= 0.6 is 12.2 Å². The van der Waals surface area contributed by atoms with Crippen LogP contribution in [0.5, 0.6) is 0 Å². The second-order valence-electron chi connectivity index (χ2n) is 8.25. The van der Waals surface area contributed by atoms with Crippen LogP contribution in [-0.2, 0) is 22.5 Å². The quantitative estimate of drug-likeness (QED) is 0.429. The first-order valence-corrected chi connectivity index (χ1v) is 12.0. The van der Waals surface area contributed by atoms with Gasteiger partial charge in [-0.05, 0) is 54.5 Å². The average molecular weight is 478 g/mol. The van der Waals surface area contributed by atoms with Crippen molar-refractivity contribution in [3.63, 3.8) is 0 Å². The first-order valence-electron chi connectivity index (χ1n) is 11.6. The van der Waals surface area contributed by atoms with Crippen molar-refractivity contribution in [2.45, 2.75) is 38.4 Å². The van der Waals surface area contributed by atoms with Crippen LogP contribution in [0.15, 0.2) is 67.0 Å². The number of ether oxygens (including phenoxy) is 1. The monoisotopic (exact) mass is 477 g/mol. The van der Waals surface area contributed by atoms with Crippen LogP contribution < -0.4 is 10.6 Å². The van der Waals surface area contributed by atoms with Crippen LogP contribution in [0, 0.1) is 0 Å². The molecule has 0 radical (unpaired) electrons. The van der Waals surface area contributed by atoms with Gasteiger partial charge in [0.05, 0.1) is 24.4 Å². The Bertz CT molecular complexity index is 1120. The number of carbonyl (C=O) groups is 1. The smallest absolute Gasteiger partial charge is 0.226 e. The maximum atomic E-state index is 12.9. The normalized spacial score (nSPS) is 17.6. The molecule has 2 N–H and O–H groups in total. The van der Waals surface area contributed by atoms with Crippen LogP contribution in [0.2, 0.25) is 0 Å². The van der Waals surface area contributed by atoms with Crippen molar-refractivity contribution in [2.24, 2.45) is 0 Å². The Morgan fingerprint density at radius 2 is 1.97 bits per heavy atom. The van der Waals surface area contributed by atoms with E-state index in [0.29, 0.717) is 24.7 Å². The molecule has 0 spiro atoms. The van der Waals surface area contributed by atoms with Crippen molar-refractivity contribution < 1.29 is 9.53 Å². The summed E-state index contributed by atoms with van der Waals surface area (Å²) in [6.07, 6.45) is 5.03. The number of amides is 1. The highest BCUT2D eigenvalue weighted by Crippen LogP contribution is 2.38. The van der Waals surface area contributed by atoms with Gasteiger partial charge in [0.25, 0.3) is 0 Å². The molecule has 1 amide bonds. The molecule has 8 heteroatoms. The van der Waals surface area contributed by atoms with E-state index in [1.807, 2.05) is 48.5 Å². The molecule has 1 saturated heterocycles. The highest BCUT2D eigenvalue weighted by Gasteiger charge is 2.41. The third-order valence-corrected chi connectivity index (χ3v) is 6.51. The molecule has 1 aliphatic rings. The summed E-state index contributed by atoms with van der Waals surface area (Å²) in [6.45, 7) is 3.93. The van der Waals surface area contributed by atoms with Crippen LogP contribution in [0.4, 0.5) is 5.69 Å². The minimum absolute atomic E-state index is 0.0292. The number of hydrogen-bond donors (Lipinski definition) is 2. The number of anilines is 1. The molecule has 0 saturated carbocycles. The SMILES string of the molecule is CCc1ccccc1NC(=O)CCN1C(=S)N[C@@H](c2ccccn2)[C@@H]1c1cccn1CCOC.